The zero-order chi connectivity index (χ0) is 14.3. The molecule has 0 fully saturated rings. The first-order chi connectivity index (χ1) is 8.88. The van der Waals surface area contributed by atoms with Crippen LogP contribution in [0.1, 0.15) is 26.6 Å². The molecule has 1 aromatic rings. The molecule has 0 bridgehead atoms. The summed E-state index contributed by atoms with van der Waals surface area (Å²) in [7, 11) is 1.92. The highest BCUT2D eigenvalue weighted by molar-refractivity contribution is 5.67. The maximum atomic E-state index is 11.3. The van der Waals surface area contributed by atoms with Gasteiger partial charge in [-0.05, 0) is 20.8 Å². The van der Waals surface area contributed by atoms with Gasteiger partial charge in [0.2, 0.25) is 0 Å². The molecule has 1 aromatic heterocycles. The lowest BCUT2D eigenvalue weighted by Gasteiger charge is -2.19. The number of aromatic nitrogens is 3. The molecule has 0 unspecified atom stereocenters. The van der Waals surface area contributed by atoms with E-state index in [1.165, 1.54) is 0 Å². The van der Waals surface area contributed by atoms with Gasteiger partial charge in [-0.1, -0.05) is 0 Å². The molecular weight excluding hydrogens is 246 g/mol. The van der Waals surface area contributed by atoms with Gasteiger partial charge < -0.3 is 19.9 Å². The lowest BCUT2D eigenvalue weighted by Crippen LogP contribution is -2.36. The van der Waals surface area contributed by atoms with Gasteiger partial charge in [0.25, 0.3) is 0 Å². The van der Waals surface area contributed by atoms with E-state index in [9.17, 15) is 4.79 Å². The van der Waals surface area contributed by atoms with Crippen LogP contribution < -0.4 is 10.6 Å². The normalized spacial score (nSPS) is 11.4. The van der Waals surface area contributed by atoms with E-state index >= 15 is 0 Å². The summed E-state index contributed by atoms with van der Waals surface area (Å²) in [4.78, 5) is 11.3. The number of hydrogen-bond donors (Lipinski definition) is 2. The van der Waals surface area contributed by atoms with Crippen molar-refractivity contribution in [3.05, 3.63) is 12.2 Å². The summed E-state index contributed by atoms with van der Waals surface area (Å²) in [5.74, 6) is 0.938. The van der Waals surface area contributed by atoms with Crippen molar-refractivity contribution in [1.82, 2.24) is 25.4 Å². The highest BCUT2D eigenvalue weighted by Gasteiger charge is 2.15. The molecule has 1 amide bonds. The van der Waals surface area contributed by atoms with Gasteiger partial charge in [-0.15, -0.1) is 10.2 Å². The SMILES string of the molecule is Cn1cnnc1CCNCCNC(=O)OC(C)(C)C. The minimum atomic E-state index is -0.456. The van der Waals surface area contributed by atoms with Gasteiger partial charge in [0, 0.05) is 33.1 Å². The molecule has 1 rings (SSSR count). The van der Waals surface area contributed by atoms with Crippen molar-refractivity contribution in [1.29, 1.82) is 0 Å². The van der Waals surface area contributed by atoms with Gasteiger partial charge in [0.05, 0.1) is 0 Å². The van der Waals surface area contributed by atoms with Gasteiger partial charge in [0.15, 0.2) is 0 Å². The molecule has 108 valence electrons. The largest absolute Gasteiger partial charge is 0.444 e. The molecule has 19 heavy (non-hydrogen) atoms. The van der Waals surface area contributed by atoms with Crippen LogP contribution in [0.15, 0.2) is 6.33 Å². The van der Waals surface area contributed by atoms with Crippen LogP contribution in [0.2, 0.25) is 0 Å². The number of hydrogen-bond acceptors (Lipinski definition) is 5. The van der Waals surface area contributed by atoms with Crippen molar-refractivity contribution in [3.63, 3.8) is 0 Å². The van der Waals surface area contributed by atoms with Crippen LogP contribution in [0.3, 0.4) is 0 Å². The molecule has 0 atom stereocenters. The molecule has 0 aliphatic carbocycles. The minimum Gasteiger partial charge on any atom is -0.444 e. The van der Waals surface area contributed by atoms with Gasteiger partial charge in [-0.3, -0.25) is 0 Å². The number of nitrogens with one attached hydrogen (secondary N) is 2. The van der Waals surface area contributed by atoms with Crippen molar-refractivity contribution in [3.8, 4) is 0 Å². The number of alkyl carbamates (subject to hydrolysis) is 1. The van der Waals surface area contributed by atoms with Crippen LogP contribution in [-0.4, -0.2) is 46.1 Å². The van der Waals surface area contributed by atoms with Crippen LogP contribution in [0.4, 0.5) is 4.79 Å². The monoisotopic (exact) mass is 269 g/mol. The lowest BCUT2D eigenvalue weighted by molar-refractivity contribution is 0.0528. The fourth-order valence-electron chi connectivity index (χ4n) is 1.43. The summed E-state index contributed by atoms with van der Waals surface area (Å²) in [5, 5.41) is 13.7. The number of nitrogens with zero attached hydrogens (tertiary/aromatic N) is 3. The standard InChI is InChI=1S/C12H23N5O2/c1-12(2,3)19-11(18)14-8-7-13-6-5-10-16-15-9-17(10)4/h9,13H,5-8H2,1-4H3,(H,14,18). The van der Waals surface area contributed by atoms with E-state index in [0.29, 0.717) is 13.1 Å². The fraction of sp³-hybridized carbons (Fsp3) is 0.750. The van der Waals surface area contributed by atoms with E-state index < -0.39 is 5.60 Å². The second-order valence-corrected chi connectivity index (χ2v) is 5.29. The summed E-state index contributed by atoms with van der Waals surface area (Å²) >= 11 is 0. The quantitative estimate of drug-likeness (QED) is 0.734. The molecule has 7 nitrogen and oxygen atoms in total. The molecule has 7 heteroatoms. The molecule has 0 radical (unpaired) electrons. The van der Waals surface area contributed by atoms with E-state index in [0.717, 1.165) is 18.8 Å². The van der Waals surface area contributed by atoms with E-state index in [1.807, 2.05) is 32.4 Å². The van der Waals surface area contributed by atoms with Crippen LogP contribution in [-0.2, 0) is 18.2 Å². The Balaban J connectivity index is 2.03. The van der Waals surface area contributed by atoms with Crippen LogP contribution in [0.5, 0.6) is 0 Å². The summed E-state index contributed by atoms with van der Waals surface area (Å²) in [6, 6.07) is 0. The first-order valence-corrected chi connectivity index (χ1v) is 6.39. The maximum absolute atomic E-state index is 11.3. The number of amides is 1. The molecule has 0 aliphatic heterocycles. The van der Waals surface area contributed by atoms with Gasteiger partial charge in [-0.25, -0.2) is 4.79 Å². The third-order valence-electron chi connectivity index (χ3n) is 2.30. The van der Waals surface area contributed by atoms with E-state index in [2.05, 4.69) is 20.8 Å². The first-order valence-electron chi connectivity index (χ1n) is 6.39. The predicted octanol–water partition coefficient (Wildman–Crippen LogP) is 0.472. The molecule has 0 saturated carbocycles. The maximum Gasteiger partial charge on any atom is 0.407 e. The Kier molecular flexibility index (Phi) is 5.75. The van der Waals surface area contributed by atoms with E-state index in [4.69, 9.17) is 4.74 Å². The first kappa shape index (κ1) is 15.4. The van der Waals surface area contributed by atoms with Crippen LogP contribution in [0.25, 0.3) is 0 Å². The molecular formula is C12H23N5O2. The van der Waals surface area contributed by atoms with Crippen molar-refractivity contribution in [2.45, 2.75) is 32.8 Å². The van der Waals surface area contributed by atoms with E-state index in [1.54, 1.807) is 6.33 Å². The van der Waals surface area contributed by atoms with Gasteiger partial charge in [0.1, 0.15) is 17.8 Å². The Bertz CT molecular complexity index is 397. The number of carbonyl (C=O) groups is 1. The Morgan fingerprint density at radius 1 is 1.37 bits per heavy atom. The Morgan fingerprint density at radius 2 is 2.11 bits per heavy atom. The molecule has 0 spiro atoms. The van der Waals surface area contributed by atoms with Crippen molar-refractivity contribution < 1.29 is 9.53 Å². The van der Waals surface area contributed by atoms with Crippen LogP contribution in [0, 0.1) is 0 Å². The second-order valence-electron chi connectivity index (χ2n) is 5.29. The smallest absolute Gasteiger partial charge is 0.407 e. The Labute approximate surface area is 113 Å². The highest BCUT2D eigenvalue weighted by Crippen LogP contribution is 2.05. The average Bonchev–Trinajstić information content (AvgIpc) is 2.67. The van der Waals surface area contributed by atoms with Crippen molar-refractivity contribution in [2.24, 2.45) is 7.05 Å². The Morgan fingerprint density at radius 3 is 2.68 bits per heavy atom. The zero-order valence-corrected chi connectivity index (χ0v) is 12.1. The van der Waals surface area contributed by atoms with Crippen molar-refractivity contribution >= 4 is 6.09 Å². The molecule has 1 heterocycles. The number of carbonyl (C=O) groups excluding carboxylic acids is 1. The summed E-state index contributed by atoms with van der Waals surface area (Å²) in [6.45, 7) is 7.54. The Hall–Kier alpha value is -1.63. The molecule has 2 N–H and O–H groups in total. The summed E-state index contributed by atoms with van der Waals surface area (Å²) in [5.41, 5.74) is -0.456. The number of aryl methyl sites for hydroxylation is 1. The third-order valence-corrected chi connectivity index (χ3v) is 2.30. The lowest BCUT2D eigenvalue weighted by atomic mass is 10.2. The topological polar surface area (TPSA) is 81.1 Å². The molecule has 0 aliphatic rings. The summed E-state index contributed by atoms with van der Waals surface area (Å²) < 4.78 is 7.01. The highest BCUT2D eigenvalue weighted by atomic mass is 16.6. The van der Waals surface area contributed by atoms with Crippen LogP contribution >= 0.6 is 0 Å². The predicted molar refractivity (Wildman–Crippen MR) is 71.8 cm³/mol. The summed E-state index contributed by atoms with van der Waals surface area (Å²) in [6.07, 6.45) is 2.10. The fourth-order valence-corrected chi connectivity index (χ4v) is 1.43. The second kappa shape index (κ2) is 7.08. The molecule has 0 aromatic carbocycles. The third kappa shape index (κ3) is 6.76. The average molecular weight is 269 g/mol. The van der Waals surface area contributed by atoms with Gasteiger partial charge in [-0.2, -0.15) is 0 Å². The number of ether oxygens (including phenoxy) is 1. The zero-order valence-electron chi connectivity index (χ0n) is 12.1. The number of rotatable bonds is 6. The van der Waals surface area contributed by atoms with E-state index in [-0.39, 0.29) is 6.09 Å². The van der Waals surface area contributed by atoms with Crippen molar-refractivity contribution in [2.75, 3.05) is 19.6 Å². The van der Waals surface area contributed by atoms with Gasteiger partial charge >= 0.3 is 6.09 Å². The minimum absolute atomic E-state index is 0.386. The molecule has 0 saturated heterocycles.